The van der Waals surface area contributed by atoms with Crippen LogP contribution >= 0.6 is 0 Å². The first-order chi connectivity index (χ1) is 16.2. The lowest BCUT2D eigenvalue weighted by atomic mass is 9.93. The quantitative estimate of drug-likeness (QED) is 0.224. The van der Waals surface area contributed by atoms with Crippen molar-refractivity contribution in [2.24, 2.45) is 5.10 Å². The fourth-order valence-corrected chi connectivity index (χ4v) is 4.31. The second-order valence-electron chi connectivity index (χ2n) is 8.19. The van der Waals surface area contributed by atoms with E-state index in [1.807, 2.05) is 36.4 Å². The molecule has 0 atom stereocenters. The van der Waals surface area contributed by atoms with Crippen molar-refractivity contribution >= 4 is 34.5 Å². The van der Waals surface area contributed by atoms with Crippen molar-refractivity contribution in [2.45, 2.75) is 32.6 Å². The molecule has 3 aromatic carbocycles. The number of benzene rings is 3. The molecule has 33 heavy (non-hydrogen) atoms. The van der Waals surface area contributed by atoms with Gasteiger partial charge in [-0.2, -0.15) is 5.10 Å². The largest absolute Gasteiger partial charge is 0.454 e. The van der Waals surface area contributed by atoms with Gasteiger partial charge in [0.25, 0.3) is 11.8 Å². The van der Waals surface area contributed by atoms with Crippen molar-refractivity contribution < 1.29 is 19.1 Å². The van der Waals surface area contributed by atoms with Crippen molar-refractivity contribution in [1.29, 1.82) is 0 Å². The van der Waals surface area contributed by atoms with Crippen molar-refractivity contribution in [3.05, 3.63) is 65.2 Å². The van der Waals surface area contributed by atoms with E-state index in [4.69, 9.17) is 9.47 Å². The van der Waals surface area contributed by atoms with Gasteiger partial charge in [0.2, 0.25) is 6.79 Å². The van der Waals surface area contributed by atoms with E-state index in [9.17, 15) is 9.59 Å². The molecular weight excluding hydrogens is 418 g/mol. The minimum absolute atomic E-state index is 0.225. The van der Waals surface area contributed by atoms with Crippen LogP contribution in [-0.4, -0.2) is 36.3 Å². The number of rotatable bonds is 8. The van der Waals surface area contributed by atoms with E-state index in [1.54, 1.807) is 18.3 Å². The summed E-state index contributed by atoms with van der Waals surface area (Å²) in [6, 6.07) is 14.7. The summed E-state index contributed by atoms with van der Waals surface area (Å²) in [5.41, 5.74) is 5.76. The molecule has 2 aliphatic rings. The van der Waals surface area contributed by atoms with E-state index in [-0.39, 0.29) is 18.6 Å². The highest BCUT2D eigenvalue weighted by Crippen LogP contribution is 2.35. The molecule has 0 aliphatic carbocycles. The predicted octanol–water partition coefficient (Wildman–Crippen LogP) is 5.19. The number of unbranched alkanes of at least 4 members (excludes halogenated alkanes) is 3. The number of anilines is 1. The highest BCUT2D eigenvalue weighted by molar-refractivity contribution is 6.26. The van der Waals surface area contributed by atoms with Gasteiger partial charge in [-0.25, -0.2) is 0 Å². The SMILES string of the molecule is CCCCCCN1C(=O)c2cccc3c(N/N=C/c4ccc5c(c4)OCO5)ccc(c23)C1=O. The fraction of sp³-hybridized carbons (Fsp3) is 0.269. The predicted molar refractivity (Wildman–Crippen MR) is 127 cm³/mol. The molecule has 1 N–H and O–H groups in total. The molecular formula is C26H25N3O4. The number of fused-ring (bicyclic) bond motifs is 1. The third-order valence-electron chi connectivity index (χ3n) is 6.02. The Morgan fingerprint density at radius 2 is 1.79 bits per heavy atom. The minimum Gasteiger partial charge on any atom is -0.454 e. The van der Waals surface area contributed by atoms with E-state index >= 15 is 0 Å². The maximum absolute atomic E-state index is 13.1. The Balaban J connectivity index is 1.40. The molecule has 0 unspecified atom stereocenters. The number of nitrogens with one attached hydrogen (secondary N) is 1. The first-order valence-electron chi connectivity index (χ1n) is 11.3. The number of hydrogen-bond acceptors (Lipinski definition) is 6. The van der Waals surface area contributed by atoms with Gasteiger partial charge in [0.1, 0.15) is 0 Å². The topological polar surface area (TPSA) is 80.2 Å². The molecule has 0 radical (unpaired) electrons. The Hall–Kier alpha value is -3.87. The third kappa shape index (κ3) is 3.91. The molecule has 168 valence electrons. The van der Waals surface area contributed by atoms with Crippen molar-refractivity contribution in [3.8, 4) is 11.5 Å². The molecule has 0 saturated heterocycles. The van der Waals surface area contributed by atoms with Crippen LogP contribution in [0, 0.1) is 0 Å². The minimum atomic E-state index is -0.226. The van der Waals surface area contributed by atoms with Gasteiger partial charge in [0.15, 0.2) is 11.5 Å². The van der Waals surface area contributed by atoms with Crippen LogP contribution in [0.2, 0.25) is 0 Å². The van der Waals surface area contributed by atoms with Gasteiger partial charge in [-0.1, -0.05) is 38.3 Å². The fourth-order valence-electron chi connectivity index (χ4n) is 4.31. The lowest BCUT2D eigenvalue weighted by Gasteiger charge is -2.27. The number of hydrogen-bond donors (Lipinski definition) is 1. The Bertz CT molecular complexity index is 1250. The monoisotopic (exact) mass is 443 g/mol. The Kier molecular flexibility index (Phi) is 5.69. The summed E-state index contributed by atoms with van der Waals surface area (Å²) in [5, 5.41) is 5.82. The van der Waals surface area contributed by atoms with Gasteiger partial charge < -0.3 is 9.47 Å². The first kappa shape index (κ1) is 21.0. The third-order valence-corrected chi connectivity index (χ3v) is 6.02. The summed E-state index contributed by atoms with van der Waals surface area (Å²) >= 11 is 0. The highest BCUT2D eigenvalue weighted by atomic mass is 16.7. The van der Waals surface area contributed by atoms with Crippen LogP contribution in [-0.2, 0) is 0 Å². The van der Waals surface area contributed by atoms with E-state index in [0.717, 1.165) is 48.1 Å². The number of amides is 2. The molecule has 2 heterocycles. The molecule has 0 fully saturated rings. The highest BCUT2D eigenvalue weighted by Gasteiger charge is 2.32. The number of carbonyl (C=O) groups excluding carboxylic acids is 2. The molecule has 2 aliphatic heterocycles. The average molecular weight is 444 g/mol. The number of ether oxygens (including phenoxy) is 2. The van der Waals surface area contributed by atoms with E-state index in [0.29, 0.717) is 28.8 Å². The lowest BCUT2D eigenvalue weighted by molar-refractivity contribution is 0.0608. The van der Waals surface area contributed by atoms with Crippen LogP contribution in [0.4, 0.5) is 5.69 Å². The van der Waals surface area contributed by atoms with E-state index < -0.39 is 0 Å². The van der Waals surface area contributed by atoms with Crippen molar-refractivity contribution in [1.82, 2.24) is 4.90 Å². The van der Waals surface area contributed by atoms with E-state index in [1.165, 1.54) is 4.90 Å². The molecule has 0 aromatic heterocycles. The normalized spacial score (nSPS) is 14.5. The molecule has 0 bridgehead atoms. The van der Waals surface area contributed by atoms with Crippen LogP contribution in [0.5, 0.6) is 11.5 Å². The van der Waals surface area contributed by atoms with Gasteiger partial charge in [-0.3, -0.25) is 19.9 Å². The number of imide groups is 1. The van der Waals surface area contributed by atoms with Gasteiger partial charge in [-0.05, 0) is 48.4 Å². The van der Waals surface area contributed by atoms with Crippen LogP contribution in [0.3, 0.4) is 0 Å². The Morgan fingerprint density at radius 3 is 2.64 bits per heavy atom. The van der Waals surface area contributed by atoms with Crippen LogP contribution in [0.25, 0.3) is 10.8 Å². The Labute approximate surface area is 192 Å². The summed E-state index contributed by atoms with van der Waals surface area (Å²) in [6.45, 7) is 2.81. The zero-order valence-corrected chi connectivity index (χ0v) is 18.5. The summed E-state index contributed by atoms with van der Waals surface area (Å²) in [7, 11) is 0. The second-order valence-corrected chi connectivity index (χ2v) is 8.19. The van der Waals surface area contributed by atoms with Crippen molar-refractivity contribution in [2.75, 3.05) is 18.8 Å². The standard InChI is InChI=1S/C26H25N3O4/c1-2-3-4-5-13-29-25(30)19-8-6-7-18-21(11-10-20(24(18)19)26(29)31)28-27-15-17-9-12-22-23(14-17)33-16-32-22/h6-12,14-15,28H,2-5,13,16H2,1H3/b27-15+. The van der Waals surface area contributed by atoms with Crippen molar-refractivity contribution in [3.63, 3.8) is 0 Å². The first-order valence-corrected chi connectivity index (χ1v) is 11.3. The number of nitrogens with zero attached hydrogens (tertiary/aromatic N) is 2. The van der Waals surface area contributed by atoms with Gasteiger partial charge in [0, 0.05) is 28.4 Å². The molecule has 0 saturated carbocycles. The molecule has 5 rings (SSSR count). The van der Waals surface area contributed by atoms with Crippen LogP contribution in [0.1, 0.15) is 58.9 Å². The summed E-state index contributed by atoms with van der Waals surface area (Å²) in [6.07, 6.45) is 5.73. The molecule has 7 nitrogen and oxygen atoms in total. The maximum Gasteiger partial charge on any atom is 0.261 e. The lowest BCUT2D eigenvalue weighted by Crippen LogP contribution is -2.40. The van der Waals surface area contributed by atoms with Gasteiger partial charge in [-0.15, -0.1) is 0 Å². The van der Waals surface area contributed by atoms with Crippen LogP contribution in [0.15, 0.2) is 53.6 Å². The summed E-state index contributed by atoms with van der Waals surface area (Å²) in [4.78, 5) is 27.6. The smallest absolute Gasteiger partial charge is 0.261 e. The van der Waals surface area contributed by atoms with Gasteiger partial charge >= 0.3 is 0 Å². The van der Waals surface area contributed by atoms with E-state index in [2.05, 4.69) is 17.5 Å². The zero-order chi connectivity index (χ0) is 22.8. The molecule has 2 amide bonds. The van der Waals surface area contributed by atoms with Crippen LogP contribution < -0.4 is 14.9 Å². The molecule has 0 spiro atoms. The average Bonchev–Trinajstić information content (AvgIpc) is 3.30. The number of hydrazone groups is 1. The zero-order valence-electron chi connectivity index (χ0n) is 18.5. The molecule has 7 heteroatoms. The maximum atomic E-state index is 13.1. The number of carbonyl (C=O) groups is 2. The summed E-state index contributed by atoms with van der Waals surface area (Å²) in [5.74, 6) is 0.959. The molecule has 3 aromatic rings. The van der Waals surface area contributed by atoms with Gasteiger partial charge in [0.05, 0.1) is 11.9 Å². The Morgan fingerprint density at radius 1 is 0.970 bits per heavy atom. The second kappa shape index (κ2) is 8.94. The summed E-state index contributed by atoms with van der Waals surface area (Å²) < 4.78 is 10.7.